The molecule has 1 amide bonds. The maximum absolute atomic E-state index is 11.6. The van der Waals surface area contributed by atoms with Crippen molar-refractivity contribution in [2.24, 2.45) is 5.73 Å². The summed E-state index contributed by atoms with van der Waals surface area (Å²) in [5, 5.41) is 6.94. The van der Waals surface area contributed by atoms with Crippen molar-refractivity contribution in [2.75, 3.05) is 5.32 Å². The second-order valence-electron chi connectivity index (χ2n) is 4.40. The van der Waals surface area contributed by atoms with Crippen LogP contribution in [0.2, 0.25) is 0 Å². The molecular weight excluding hydrogens is 240 g/mol. The second kappa shape index (κ2) is 6.15. The van der Waals surface area contributed by atoms with Gasteiger partial charge in [0.15, 0.2) is 0 Å². The molecule has 0 aliphatic carbocycles. The van der Waals surface area contributed by atoms with Crippen LogP contribution in [0.3, 0.4) is 0 Å². The van der Waals surface area contributed by atoms with Crippen LogP contribution in [-0.2, 0) is 11.3 Å². The van der Waals surface area contributed by atoms with Crippen LogP contribution in [0.1, 0.15) is 18.9 Å². The second-order valence-corrected chi connectivity index (χ2v) is 4.40. The summed E-state index contributed by atoms with van der Waals surface area (Å²) >= 11 is 0. The van der Waals surface area contributed by atoms with Gasteiger partial charge in [-0.05, 0) is 30.2 Å². The number of amides is 1. The lowest BCUT2D eigenvalue weighted by Crippen LogP contribution is -2.34. The van der Waals surface area contributed by atoms with E-state index in [1.54, 1.807) is 6.20 Å². The topological polar surface area (TPSA) is 72.9 Å². The van der Waals surface area contributed by atoms with E-state index in [-0.39, 0.29) is 5.91 Å². The summed E-state index contributed by atoms with van der Waals surface area (Å²) in [7, 11) is 0. The summed E-state index contributed by atoms with van der Waals surface area (Å²) in [4.78, 5) is 11.6. The molecule has 0 bridgehead atoms. The predicted molar refractivity (Wildman–Crippen MR) is 74.7 cm³/mol. The average Bonchev–Trinajstić information content (AvgIpc) is 2.93. The smallest absolute Gasteiger partial charge is 0.241 e. The van der Waals surface area contributed by atoms with E-state index in [2.05, 4.69) is 10.4 Å². The van der Waals surface area contributed by atoms with E-state index < -0.39 is 6.04 Å². The van der Waals surface area contributed by atoms with Gasteiger partial charge in [-0.1, -0.05) is 19.1 Å². The van der Waals surface area contributed by atoms with Crippen molar-refractivity contribution in [1.82, 2.24) is 9.78 Å². The minimum Gasteiger partial charge on any atom is -0.325 e. The number of hydrogen-bond donors (Lipinski definition) is 2. The van der Waals surface area contributed by atoms with Gasteiger partial charge in [0.05, 0.1) is 12.6 Å². The lowest BCUT2D eigenvalue weighted by atomic mass is 10.2. The number of benzene rings is 1. The molecule has 1 unspecified atom stereocenters. The van der Waals surface area contributed by atoms with E-state index in [9.17, 15) is 4.79 Å². The summed E-state index contributed by atoms with van der Waals surface area (Å²) in [6.07, 6.45) is 4.29. The van der Waals surface area contributed by atoms with Gasteiger partial charge in [0, 0.05) is 18.1 Å². The molecule has 19 heavy (non-hydrogen) atoms. The van der Waals surface area contributed by atoms with Gasteiger partial charge in [0.2, 0.25) is 5.91 Å². The maximum atomic E-state index is 11.6. The van der Waals surface area contributed by atoms with Crippen molar-refractivity contribution < 1.29 is 4.79 Å². The fraction of sp³-hybridized carbons (Fsp3) is 0.286. The van der Waals surface area contributed by atoms with Gasteiger partial charge >= 0.3 is 0 Å². The number of carbonyl (C=O) groups excluding carboxylic acids is 1. The Labute approximate surface area is 112 Å². The highest BCUT2D eigenvalue weighted by atomic mass is 16.2. The van der Waals surface area contributed by atoms with Gasteiger partial charge in [0.1, 0.15) is 0 Å². The van der Waals surface area contributed by atoms with Crippen molar-refractivity contribution in [3.63, 3.8) is 0 Å². The first-order valence-corrected chi connectivity index (χ1v) is 6.32. The molecular formula is C14H18N4O. The molecule has 2 rings (SSSR count). The van der Waals surface area contributed by atoms with E-state index in [0.717, 1.165) is 17.8 Å². The number of aromatic nitrogens is 2. The normalized spacial score (nSPS) is 12.1. The Hall–Kier alpha value is -2.14. The minimum absolute atomic E-state index is 0.151. The third-order valence-electron chi connectivity index (χ3n) is 2.90. The van der Waals surface area contributed by atoms with Crippen LogP contribution >= 0.6 is 0 Å². The number of rotatable bonds is 5. The Balaban J connectivity index is 1.96. The van der Waals surface area contributed by atoms with Crippen molar-refractivity contribution >= 4 is 11.6 Å². The number of anilines is 1. The molecule has 0 aliphatic rings. The first-order valence-electron chi connectivity index (χ1n) is 6.32. The molecule has 0 saturated heterocycles. The highest BCUT2D eigenvalue weighted by molar-refractivity contribution is 5.94. The van der Waals surface area contributed by atoms with Crippen molar-refractivity contribution in [2.45, 2.75) is 25.9 Å². The van der Waals surface area contributed by atoms with Gasteiger partial charge < -0.3 is 11.1 Å². The standard InChI is InChI=1S/C14H18N4O/c1-2-13(15)14(19)17-12-6-4-11(5-7-12)10-18-9-3-8-16-18/h3-9,13H,2,10,15H2,1H3,(H,17,19). The summed E-state index contributed by atoms with van der Waals surface area (Å²) in [6.45, 7) is 2.60. The lowest BCUT2D eigenvalue weighted by Gasteiger charge is -2.10. The van der Waals surface area contributed by atoms with E-state index >= 15 is 0 Å². The first-order chi connectivity index (χ1) is 9.19. The van der Waals surface area contributed by atoms with E-state index in [1.165, 1.54) is 0 Å². The summed E-state index contributed by atoms with van der Waals surface area (Å²) in [5.74, 6) is -0.151. The highest BCUT2D eigenvalue weighted by Gasteiger charge is 2.10. The van der Waals surface area contributed by atoms with Gasteiger partial charge in [0.25, 0.3) is 0 Å². The fourth-order valence-corrected chi connectivity index (χ4v) is 1.69. The van der Waals surface area contributed by atoms with Crippen LogP contribution in [0.25, 0.3) is 0 Å². The number of hydrogen-bond acceptors (Lipinski definition) is 3. The molecule has 0 aliphatic heterocycles. The van der Waals surface area contributed by atoms with Gasteiger partial charge in [-0.15, -0.1) is 0 Å². The van der Waals surface area contributed by atoms with E-state index in [1.807, 2.05) is 48.1 Å². The molecule has 0 fully saturated rings. The quantitative estimate of drug-likeness (QED) is 0.855. The SMILES string of the molecule is CCC(N)C(=O)Nc1ccc(Cn2cccn2)cc1. The fourth-order valence-electron chi connectivity index (χ4n) is 1.69. The number of nitrogens with two attached hydrogens (primary N) is 1. The molecule has 1 atom stereocenters. The zero-order valence-corrected chi connectivity index (χ0v) is 10.9. The molecule has 100 valence electrons. The lowest BCUT2D eigenvalue weighted by molar-refractivity contribution is -0.117. The molecule has 0 radical (unpaired) electrons. The molecule has 5 nitrogen and oxygen atoms in total. The number of nitrogens with one attached hydrogen (secondary N) is 1. The van der Waals surface area contributed by atoms with Crippen LogP contribution in [0, 0.1) is 0 Å². The molecule has 1 heterocycles. The van der Waals surface area contributed by atoms with Crippen LogP contribution in [0.15, 0.2) is 42.7 Å². The highest BCUT2D eigenvalue weighted by Crippen LogP contribution is 2.11. The van der Waals surface area contributed by atoms with Crippen LogP contribution in [0.4, 0.5) is 5.69 Å². The molecule has 3 N–H and O–H groups in total. The monoisotopic (exact) mass is 258 g/mol. The largest absolute Gasteiger partial charge is 0.325 e. The Kier molecular flexibility index (Phi) is 4.30. The van der Waals surface area contributed by atoms with Gasteiger partial charge in [-0.2, -0.15) is 5.10 Å². The Morgan fingerprint density at radius 1 is 1.42 bits per heavy atom. The summed E-state index contributed by atoms with van der Waals surface area (Å²) in [5.41, 5.74) is 7.55. The Bertz CT molecular complexity index is 519. The Morgan fingerprint density at radius 3 is 2.74 bits per heavy atom. The van der Waals surface area contributed by atoms with Crippen molar-refractivity contribution in [3.8, 4) is 0 Å². The first kappa shape index (κ1) is 13.3. The summed E-state index contributed by atoms with van der Waals surface area (Å²) < 4.78 is 1.85. The number of nitrogens with zero attached hydrogens (tertiary/aromatic N) is 2. The Morgan fingerprint density at radius 2 is 2.16 bits per heavy atom. The van der Waals surface area contributed by atoms with E-state index in [4.69, 9.17) is 5.73 Å². The molecule has 1 aromatic carbocycles. The van der Waals surface area contributed by atoms with Crippen molar-refractivity contribution in [3.05, 3.63) is 48.3 Å². The van der Waals surface area contributed by atoms with Crippen molar-refractivity contribution in [1.29, 1.82) is 0 Å². The van der Waals surface area contributed by atoms with Gasteiger partial charge in [-0.25, -0.2) is 0 Å². The molecule has 2 aromatic rings. The third-order valence-corrected chi connectivity index (χ3v) is 2.90. The molecule has 5 heteroatoms. The summed E-state index contributed by atoms with van der Waals surface area (Å²) in [6, 6.07) is 9.12. The minimum atomic E-state index is -0.455. The maximum Gasteiger partial charge on any atom is 0.241 e. The van der Waals surface area contributed by atoms with E-state index in [0.29, 0.717) is 6.42 Å². The number of carbonyl (C=O) groups is 1. The third kappa shape index (κ3) is 3.66. The zero-order chi connectivity index (χ0) is 13.7. The van der Waals surface area contributed by atoms with Crippen LogP contribution < -0.4 is 11.1 Å². The zero-order valence-electron chi connectivity index (χ0n) is 10.9. The predicted octanol–water partition coefficient (Wildman–Crippen LogP) is 1.61. The van der Waals surface area contributed by atoms with Crippen LogP contribution in [0.5, 0.6) is 0 Å². The van der Waals surface area contributed by atoms with Gasteiger partial charge in [-0.3, -0.25) is 9.48 Å². The molecule has 0 saturated carbocycles. The van der Waals surface area contributed by atoms with Crippen LogP contribution in [-0.4, -0.2) is 21.7 Å². The molecule has 0 spiro atoms. The molecule has 1 aromatic heterocycles. The average molecular weight is 258 g/mol.